The van der Waals surface area contributed by atoms with Crippen LogP contribution < -0.4 is 0 Å². The molecule has 12 N–H and O–H groups in total. The van der Waals surface area contributed by atoms with Crippen molar-refractivity contribution in [3.8, 4) is 91.2 Å². The molecule has 12 aromatic rings. The van der Waals surface area contributed by atoms with Gasteiger partial charge in [-0.3, -0.25) is 0 Å². The quantitative estimate of drug-likeness (QED) is 0.0612. The van der Waals surface area contributed by atoms with Crippen LogP contribution in [-0.4, -0.2) is 61.3 Å². The Hall–Kier alpha value is -11.8. The zero-order chi connectivity index (χ0) is 81.8. The predicted octanol–water partition coefficient (Wildman–Crippen LogP) is 23.8. The Morgan fingerprint density at radius 1 is 0.207 bits per heavy atom. The first-order valence-electron chi connectivity index (χ1n) is 37.7. The van der Waals surface area contributed by atoms with E-state index in [0.29, 0.717) is 57.5 Å². The van der Waals surface area contributed by atoms with Gasteiger partial charge in [-0.15, -0.1) is 0 Å². The molecular formula is C99H112O12. The number of hydrogen-bond donors (Lipinski definition) is 12. The number of benzene rings is 12. The smallest absolute Gasteiger partial charge is 0.121 e. The maximum atomic E-state index is 9.96. The van der Waals surface area contributed by atoms with Crippen LogP contribution in [0.5, 0.6) is 69.0 Å². The minimum absolute atomic E-state index is 0.0274. The summed E-state index contributed by atoms with van der Waals surface area (Å²) in [6, 6.07) is 68.1. The van der Waals surface area contributed by atoms with Crippen molar-refractivity contribution in [2.75, 3.05) is 0 Å². The Balaban J connectivity index is 0.000000168. The standard InChI is InChI=1S/C19H24O2.C18H20O2.C17H20O2.C16H18O2.C15H16O2.C14H14O2/c1-11-7-15(8-12(2)17(11)20)19(5,6)16-9-13(3)18(21)14(4)10-16;19-16-8-4-14(5-9-16)18(12-2-1-3-13-18)15-6-10-17(20)11-7-15;1-11-9-13(5-7-15(11)18)17(3,4)14-6-8-16(19)12(2)10-14;1-9-5-13(6-10(2)15(9)17)14-7-11(3)16(18)12(4)8-14;1-15(2,11-3-7-13(16)8-4-11)12-5-9-14(17)10-6-12;1-9-7-11(3-5-13(9)15)12-4-6-14(16)10(2)8-12/h7-10,20-21H,1-6H3;4-11,19-20H,1-3,12-13H2;5-10,18-19H,1-4H3;5-8,17-18H,1-4H3;3-10,16-17H,1-2H3;3-8,15-16H,1-2H3. The molecule has 1 fully saturated rings. The summed E-state index contributed by atoms with van der Waals surface area (Å²) in [7, 11) is 0. The maximum Gasteiger partial charge on any atom is 0.121 e. The minimum Gasteiger partial charge on any atom is -0.508 e. The third kappa shape index (κ3) is 20.6. The summed E-state index contributed by atoms with van der Waals surface area (Å²) in [5, 5.41) is 115. The molecule has 0 radical (unpaired) electrons. The molecule has 0 bridgehead atoms. The van der Waals surface area contributed by atoms with Crippen molar-refractivity contribution in [1.29, 1.82) is 0 Å². The lowest BCUT2D eigenvalue weighted by Crippen LogP contribution is -2.30. The van der Waals surface area contributed by atoms with Gasteiger partial charge in [-0.2, -0.15) is 0 Å². The molecule has 0 aliphatic heterocycles. The Labute approximate surface area is 656 Å². The predicted molar refractivity (Wildman–Crippen MR) is 452 cm³/mol. The van der Waals surface area contributed by atoms with Crippen LogP contribution in [0.4, 0.5) is 0 Å². The van der Waals surface area contributed by atoms with Crippen molar-refractivity contribution in [2.24, 2.45) is 0 Å². The highest BCUT2D eigenvalue weighted by Crippen LogP contribution is 2.47. The van der Waals surface area contributed by atoms with Gasteiger partial charge < -0.3 is 61.3 Å². The second-order valence-corrected chi connectivity index (χ2v) is 31.5. The van der Waals surface area contributed by atoms with Crippen LogP contribution in [0, 0.1) is 83.1 Å². The number of aryl methyl sites for hydroxylation is 12. The minimum atomic E-state index is -0.188. The van der Waals surface area contributed by atoms with Gasteiger partial charge in [-0.1, -0.05) is 170 Å². The van der Waals surface area contributed by atoms with Crippen molar-refractivity contribution >= 4 is 0 Å². The lowest BCUT2D eigenvalue weighted by Gasteiger charge is -2.38. The molecule has 1 saturated carbocycles. The number of phenols is 12. The van der Waals surface area contributed by atoms with Gasteiger partial charge in [0.2, 0.25) is 0 Å². The van der Waals surface area contributed by atoms with E-state index in [-0.39, 0.29) is 33.2 Å². The molecule has 0 saturated heterocycles. The van der Waals surface area contributed by atoms with Crippen LogP contribution in [0.1, 0.15) is 185 Å². The molecule has 13 rings (SSSR count). The zero-order valence-electron chi connectivity index (χ0n) is 67.7. The average molecular weight is 1490 g/mol. The van der Waals surface area contributed by atoms with Crippen molar-refractivity contribution < 1.29 is 61.3 Å². The van der Waals surface area contributed by atoms with Crippen LogP contribution in [0.2, 0.25) is 0 Å². The summed E-state index contributed by atoms with van der Waals surface area (Å²) in [5.41, 5.74) is 23.6. The van der Waals surface area contributed by atoms with E-state index in [0.717, 1.165) is 124 Å². The van der Waals surface area contributed by atoms with E-state index in [2.05, 4.69) is 41.5 Å². The molecule has 0 heterocycles. The van der Waals surface area contributed by atoms with E-state index in [9.17, 15) is 61.3 Å². The second-order valence-electron chi connectivity index (χ2n) is 31.5. The number of phenolic OH excluding ortho intramolecular Hbond substituents is 12. The van der Waals surface area contributed by atoms with Gasteiger partial charge in [0.1, 0.15) is 69.0 Å². The SMILES string of the molecule is CC(C)(c1ccc(O)cc1)c1ccc(O)cc1.Cc1cc(-c2cc(C)c(O)c(C)c2)cc(C)c1O.Cc1cc(-c2ccc(O)c(C)c2)ccc1O.Cc1cc(C(C)(C)c2cc(C)c(O)c(C)c2)cc(C)c1O.Cc1cc(C(C)(C)c2ccc(O)c(C)c2)ccc1O.Oc1ccc(C2(c3ccc(O)cc3)CCCCC2)cc1. The Bertz CT molecular complexity index is 4790. The van der Waals surface area contributed by atoms with Gasteiger partial charge >= 0.3 is 0 Å². The summed E-state index contributed by atoms with van der Waals surface area (Å²) in [6.45, 7) is 35.7. The summed E-state index contributed by atoms with van der Waals surface area (Å²) in [4.78, 5) is 0. The molecule has 1 aliphatic carbocycles. The van der Waals surface area contributed by atoms with E-state index >= 15 is 0 Å². The van der Waals surface area contributed by atoms with Crippen molar-refractivity contribution in [3.63, 3.8) is 0 Å². The van der Waals surface area contributed by atoms with Gasteiger partial charge in [-0.25, -0.2) is 0 Å². The van der Waals surface area contributed by atoms with Gasteiger partial charge in [0.05, 0.1) is 0 Å². The fourth-order valence-corrected chi connectivity index (χ4v) is 14.4. The summed E-state index contributed by atoms with van der Waals surface area (Å²) in [5.74, 6) is 3.86. The molecule has 0 spiro atoms. The monoisotopic (exact) mass is 1490 g/mol. The van der Waals surface area contributed by atoms with E-state index < -0.39 is 0 Å². The first-order valence-corrected chi connectivity index (χ1v) is 37.7. The summed E-state index contributed by atoms with van der Waals surface area (Å²) in [6.07, 6.45) is 5.99. The Morgan fingerprint density at radius 3 is 0.685 bits per heavy atom. The fraction of sp³-hybridized carbons (Fsp3) is 0.273. The molecule has 12 aromatic carbocycles. The van der Waals surface area contributed by atoms with Gasteiger partial charge in [0, 0.05) is 21.7 Å². The molecule has 0 unspecified atom stereocenters. The highest BCUT2D eigenvalue weighted by Gasteiger charge is 2.36. The average Bonchev–Trinajstić information content (AvgIpc) is 0.778. The first-order chi connectivity index (χ1) is 52.1. The third-order valence-electron chi connectivity index (χ3n) is 22.0. The molecule has 12 nitrogen and oxygen atoms in total. The van der Waals surface area contributed by atoms with Crippen molar-refractivity contribution in [2.45, 2.75) is 178 Å². The Morgan fingerprint density at radius 2 is 0.414 bits per heavy atom. The van der Waals surface area contributed by atoms with Crippen LogP contribution in [0.3, 0.4) is 0 Å². The van der Waals surface area contributed by atoms with E-state index in [1.807, 2.05) is 229 Å². The third-order valence-corrected chi connectivity index (χ3v) is 22.0. The second kappa shape index (κ2) is 35.7. The summed E-state index contributed by atoms with van der Waals surface area (Å²) < 4.78 is 0. The van der Waals surface area contributed by atoms with Crippen LogP contribution in [0.15, 0.2) is 218 Å². The molecular weight excluding hydrogens is 1380 g/mol. The lowest BCUT2D eigenvalue weighted by atomic mass is 9.65. The number of rotatable bonds is 10. The molecule has 0 aromatic heterocycles. The largest absolute Gasteiger partial charge is 0.508 e. The molecule has 580 valence electrons. The highest BCUT2D eigenvalue weighted by atomic mass is 16.3. The van der Waals surface area contributed by atoms with E-state index in [4.69, 9.17) is 0 Å². The first kappa shape index (κ1) is 84.9. The van der Waals surface area contributed by atoms with Gasteiger partial charge in [0.15, 0.2) is 0 Å². The van der Waals surface area contributed by atoms with Crippen molar-refractivity contribution in [3.05, 3.63) is 330 Å². The van der Waals surface area contributed by atoms with Crippen molar-refractivity contribution in [1.82, 2.24) is 0 Å². The normalized spacial score (nSPS) is 12.4. The van der Waals surface area contributed by atoms with Crippen LogP contribution >= 0.6 is 0 Å². The molecule has 0 amide bonds. The highest BCUT2D eigenvalue weighted by molar-refractivity contribution is 5.71. The number of aromatic hydroxyl groups is 12. The topological polar surface area (TPSA) is 243 Å². The van der Waals surface area contributed by atoms with Gasteiger partial charge in [0.25, 0.3) is 0 Å². The molecule has 111 heavy (non-hydrogen) atoms. The Kier molecular flexibility index (Phi) is 27.3. The van der Waals surface area contributed by atoms with E-state index in [1.165, 1.54) is 41.5 Å². The maximum absolute atomic E-state index is 9.96. The zero-order valence-corrected chi connectivity index (χ0v) is 67.7. The van der Waals surface area contributed by atoms with Crippen LogP contribution in [-0.2, 0) is 21.7 Å². The van der Waals surface area contributed by atoms with Crippen LogP contribution in [0.25, 0.3) is 22.3 Å². The fourth-order valence-electron chi connectivity index (χ4n) is 14.4. The number of hydrogen-bond acceptors (Lipinski definition) is 12. The van der Waals surface area contributed by atoms with Gasteiger partial charge in [-0.05, 0) is 339 Å². The lowest BCUT2D eigenvalue weighted by molar-refractivity contribution is 0.345. The van der Waals surface area contributed by atoms with E-state index in [1.54, 1.807) is 72.8 Å². The molecule has 1 aliphatic rings. The molecule has 0 atom stereocenters. The summed E-state index contributed by atoms with van der Waals surface area (Å²) >= 11 is 0. The molecule has 12 heteroatoms.